The molecule has 0 bridgehead atoms. The lowest BCUT2D eigenvalue weighted by molar-refractivity contribution is 0.0950. The van der Waals surface area contributed by atoms with Crippen molar-refractivity contribution >= 4 is 27.4 Å². The molecule has 1 saturated heterocycles. The number of hydrogen-bond donors (Lipinski definition) is 2. The Morgan fingerprint density at radius 3 is 2.37 bits per heavy atom. The van der Waals surface area contributed by atoms with E-state index in [0.717, 1.165) is 24.5 Å². The molecule has 2 N–H and O–H groups in total. The Morgan fingerprint density at radius 2 is 1.71 bits per heavy atom. The van der Waals surface area contributed by atoms with E-state index in [4.69, 9.17) is 0 Å². The molecular formula is C26H29FN4O3S. The fourth-order valence-electron chi connectivity index (χ4n) is 4.03. The number of pyridine rings is 1. The van der Waals surface area contributed by atoms with Crippen LogP contribution in [0.4, 0.5) is 15.9 Å². The zero-order valence-corrected chi connectivity index (χ0v) is 20.4. The lowest BCUT2D eigenvalue weighted by atomic mass is 10.1. The van der Waals surface area contributed by atoms with E-state index in [1.165, 1.54) is 62.1 Å². The summed E-state index contributed by atoms with van der Waals surface area (Å²) in [6.07, 6.45) is 6.62. The molecule has 2 heterocycles. The van der Waals surface area contributed by atoms with Crippen molar-refractivity contribution in [2.24, 2.45) is 0 Å². The first kappa shape index (κ1) is 24.7. The standard InChI is InChI=1S/C26H29FN4O3S/c1-19-6-12-23(35(33,34)30-22-10-8-21(27)9-11-22)16-24(19)26(32)29-18-20-7-13-25(28-17-20)31-14-4-2-3-5-15-31/h6-13,16-17,30H,2-5,14-15,18H2,1H3,(H,29,32). The summed E-state index contributed by atoms with van der Waals surface area (Å²) >= 11 is 0. The van der Waals surface area contributed by atoms with Crippen LogP contribution in [0.25, 0.3) is 0 Å². The fourth-order valence-corrected chi connectivity index (χ4v) is 5.11. The zero-order chi connectivity index (χ0) is 24.8. The van der Waals surface area contributed by atoms with Gasteiger partial charge in [-0.1, -0.05) is 25.0 Å². The number of nitrogens with one attached hydrogen (secondary N) is 2. The first-order valence-corrected chi connectivity index (χ1v) is 13.2. The van der Waals surface area contributed by atoms with Crippen LogP contribution in [-0.2, 0) is 16.6 Å². The zero-order valence-electron chi connectivity index (χ0n) is 19.6. The van der Waals surface area contributed by atoms with Gasteiger partial charge in [-0.25, -0.2) is 17.8 Å². The summed E-state index contributed by atoms with van der Waals surface area (Å²) in [5.41, 5.74) is 2.00. The van der Waals surface area contributed by atoms with Gasteiger partial charge in [0, 0.05) is 37.1 Å². The van der Waals surface area contributed by atoms with Crippen molar-refractivity contribution in [2.75, 3.05) is 22.7 Å². The smallest absolute Gasteiger partial charge is 0.261 e. The fraction of sp³-hybridized carbons (Fsp3) is 0.308. The van der Waals surface area contributed by atoms with E-state index >= 15 is 0 Å². The average Bonchev–Trinajstić information content (AvgIpc) is 3.14. The number of sulfonamides is 1. The lowest BCUT2D eigenvalue weighted by Crippen LogP contribution is -2.26. The molecule has 0 atom stereocenters. The number of amides is 1. The molecule has 3 aromatic rings. The van der Waals surface area contributed by atoms with Crippen molar-refractivity contribution < 1.29 is 17.6 Å². The second-order valence-electron chi connectivity index (χ2n) is 8.70. The van der Waals surface area contributed by atoms with Crippen LogP contribution in [0.3, 0.4) is 0 Å². The van der Waals surface area contributed by atoms with E-state index < -0.39 is 15.8 Å². The highest BCUT2D eigenvalue weighted by atomic mass is 32.2. The minimum atomic E-state index is -3.95. The molecule has 0 spiro atoms. The molecule has 1 aromatic heterocycles. The number of carbonyl (C=O) groups excluding carboxylic acids is 1. The van der Waals surface area contributed by atoms with Gasteiger partial charge in [0.25, 0.3) is 15.9 Å². The number of benzene rings is 2. The van der Waals surface area contributed by atoms with E-state index in [0.29, 0.717) is 5.56 Å². The Morgan fingerprint density at radius 1 is 1.00 bits per heavy atom. The summed E-state index contributed by atoms with van der Waals surface area (Å²) in [7, 11) is -3.95. The Bertz CT molecular complexity index is 1270. The molecular weight excluding hydrogens is 467 g/mol. The van der Waals surface area contributed by atoms with Gasteiger partial charge in [-0.05, 0) is 73.4 Å². The third kappa shape index (κ3) is 6.36. The van der Waals surface area contributed by atoms with E-state index in [-0.39, 0.29) is 28.6 Å². The molecule has 7 nitrogen and oxygen atoms in total. The van der Waals surface area contributed by atoms with Crippen molar-refractivity contribution in [3.8, 4) is 0 Å². The van der Waals surface area contributed by atoms with Gasteiger partial charge in [0.15, 0.2) is 0 Å². The maximum atomic E-state index is 13.1. The van der Waals surface area contributed by atoms with E-state index in [2.05, 4.69) is 19.9 Å². The van der Waals surface area contributed by atoms with Crippen molar-refractivity contribution in [1.29, 1.82) is 0 Å². The van der Waals surface area contributed by atoms with Crippen LogP contribution in [0.15, 0.2) is 65.7 Å². The maximum absolute atomic E-state index is 13.1. The molecule has 9 heteroatoms. The molecule has 0 unspecified atom stereocenters. The second-order valence-corrected chi connectivity index (χ2v) is 10.4. The molecule has 0 aliphatic carbocycles. The topological polar surface area (TPSA) is 91.4 Å². The maximum Gasteiger partial charge on any atom is 0.261 e. The van der Waals surface area contributed by atoms with Crippen LogP contribution in [-0.4, -0.2) is 32.4 Å². The minimum absolute atomic E-state index is 0.0546. The first-order valence-electron chi connectivity index (χ1n) is 11.7. The van der Waals surface area contributed by atoms with Gasteiger partial charge >= 0.3 is 0 Å². The molecule has 2 aromatic carbocycles. The van der Waals surface area contributed by atoms with Crippen LogP contribution in [0.2, 0.25) is 0 Å². The number of aromatic nitrogens is 1. The molecule has 4 rings (SSSR count). The Balaban J connectivity index is 1.42. The number of aryl methyl sites for hydroxylation is 1. The molecule has 1 aliphatic rings. The highest BCUT2D eigenvalue weighted by Gasteiger charge is 2.19. The van der Waals surface area contributed by atoms with Crippen molar-refractivity contribution in [2.45, 2.75) is 44.0 Å². The van der Waals surface area contributed by atoms with Crippen LogP contribution in [0.1, 0.15) is 47.2 Å². The molecule has 0 saturated carbocycles. The van der Waals surface area contributed by atoms with Gasteiger partial charge in [-0.2, -0.15) is 0 Å². The largest absolute Gasteiger partial charge is 0.357 e. The normalized spacial score (nSPS) is 14.3. The molecule has 184 valence electrons. The average molecular weight is 497 g/mol. The monoisotopic (exact) mass is 496 g/mol. The first-order chi connectivity index (χ1) is 16.8. The van der Waals surface area contributed by atoms with Crippen molar-refractivity contribution in [3.63, 3.8) is 0 Å². The van der Waals surface area contributed by atoms with Crippen LogP contribution in [0.5, 0.6) is 0 Å². The quantitative estimate of drug-likeness (QED) is 0.497. The van der Waals surface area contributed by atoms with Crippen LogP contribution >= 0.6 is 0 Å². The van der Waals surface area contributed by atoms with Gasteiger partial charge in [0.2, 0.25) is 0 Å². The minimum Gasteiger partial charge on any atom is -0.357 e. The number of hydrogen-bond acceptors (Lipinski definition) is 5. The summed E-state index contributed by atoms with van der Waals surface area (Å²) in [5, 5.41) is 2.85. The SMILES string of the molecule is Cc1ccc(S(=O)(=O)Nc2ccc(F)cc2)cc1C(=O)NCc1ccc(N2CCCCCC2)nc1. The van der Waals surface area contributed by atoms with Crippen molar-refractivity contribution in [1.82, 2.24) is 10.3 Å². The predicted octanol–water partition coefficient (Wildman–Crippen LogP) is 4.64. The summed E-state index contributed by atoms with van der Waals surface area (Å²) in [6.45, 7) is 4.04. The highest BCUT2D eigenvalue weighted by molar-refractivity contribution is 7.92. The summed E-state index contributed by atoms with van der Waals surface area (Å²) in [6, 6.07) is 13.3. The van der Waals surface area contributed by atoms with Gasteiger partial charge in [-0.3, -0.25) is 9.52 Å². The Hall–Kier alpha value is -3.46. The number of rotatable bonds is 7. The summed E-state index contributed by atoms with van der Waals surface area (Å²) in [4.78, 5) is 19.7. The third-order valence-electron chi connectivity index (χ3n) is 6.05. The summed E-state index contributed by atoms with van der Waals surface area (Å²) < 4.78 is 41.1. The molecule has 0 radical (unpaired) electrons. The summed E-state index contributed by atoms with van der Waals surface area (Å²) in [5.74, 6) is 0.108. The number of anilines is 2. The third-order valence-corrected chi connectivity index (χ3v) is 7.43. The van der Waals surface area contributed by atoms with Gasteiger partial charge in [-0.15, -0.1) is 0 Å². The molecule has 1 fully saturated rings. The van der Waals surface area contributed by atoms with E-state index in [9.17, 15) is 17.6 Å². The Labute approximate surface area is 205 Å². The second kappa shape index (κ2) is 10.9. The number of halogens is 1. The van der Waals surface area contributed by atoms with E-state index in [1.54, 1.807) is 19.2 Å². The van der Waals surface area contributed by atoms with Gasteiger partial charge in [0.1, 0.15) is 11.6 Å². The van der Waals surface area contributed by atoms with Crippen LogP contribution in [0, 0.1) is 12.7 Å². The highest BCUT2D eigenvalue weighted by Crippen LogP contribution is 2.21. The van der Waals surface area contributed by atoms with E-state index in [1.807, 2.05) is 12.1 Å². The predicted molar refractivity (Wildman–Crippen MR) is 134 cm³/mol. The van der Waals surface area contributed by atoms with Crippen LogP contribution < -0.4 is 14.9 Å². The lowest BCUT2D eigenvalue weighted by Gasteiger charge is -2.21. The Kier molecular flexibility index (Phi) is 7.65. The number of carbonyl (C=O) groups is 1. The number of nitrogens with zero attached hydrogens (tertiary/aromatic N) is 2. The van der Waals surface area contributed by atoms with Crippen molar-refractivity contribution in [3.05, 3.63) is 83.3 Å². The van der Waals surface area contributed by atoms with Gasteiger partial charge in [0.05, 0.1) is 4.90 Å². The molecule has 1 amide bonds. The molecule has 1 aliphatic heterocycles. The molecule has 35 heavy (non-hydrogen) atoms. The van der Waals surface area contributed by atoms with Gasteiger partial charge < -0.3 is 10.2 Å².